The van der Waals surface area contributed by atoms with Crippen LogP contribution in [0.5, 0.6) is 0 Å². The summed E-state index contributed by atoms with van der Waals surface area (Å²) >= 11 is 1.40. The summed E-state index contributed by atoms with van der Waals surface area (Å²) in [7, 11) is 0. The van der Waals surface area contributed by atoms with Crippen LogP contribution < -0.4 is 5.32 Å². The van der Waals surface area contributed by atoms with Gasteiger partial charge in [-0.3, -0.25) is 9.78 Å². The maximum absolute atomic E-state index is 12.8. The minimum Gasteiger partial charge on any atom is -0.325 e. The molecule has 7 heteroatoms. The van der Waals surface area contributed by atoms with Crippen molar-refractivity contribution in [3.8, 4) is 11.4 Å². The third-order valence-electron chi connectivity index (χ3n) is 4.65. The van der Waals surface area contributed by atoms with Crippen LogP contribution >= 0.6 is 11.8 Å². The van der Waals surface area contributed by atoms with Crippen LogP contribution in [0.3, 0.4) is 0 Å². The molecule has 2 heterocycles. The molecule has 0 aliphatic heterocycles. The van der Waals surface area contributed by atoms with E-state index in [-0.39, 0.29) is 11.2 Å². The monoisotopic (exact) mass is 403 g/mol. The third kappa shape index (κ3) is 4.00. The smallest absolute Gasteiger partial charge is 0.237 e. The number of carbonyl (C=O) groups is 1. The highest BCUT2D eigenvalue weighted by Gasteiger charge is 2.21. The van der Waals surface area contributed by atoms with Crippen molar-refractivity contribution in [3.63, 3.8) is 0 Å². The van der Waals surface area contributed by atoms with E-state index in [9.17, 15) is 4.79 Å². The van der Waals surface area contributed by atoms with E-state index in [1.54, 1.807) is 12.4 Å². The molecule has 0 saturated carbocycles. The van der Waals surface area contributed by atoms with E-state index in [4.69, 9.17) is 0 Å². The van der Waals surface area contributed by atoms with Gasteiger partial charge in [-0.05, 0) is 37.4 Å². The van der Waals surface area contributed by atoms with Crippen LogP contribution in [0.15, 0.2) is 72.1 Å². The predicted octanol–water partition coefficient (Wildman–Crippen LogP) is 4.63. The van der Waals surface area contributed by atoms with Gasteiger partial charge in [-0.2, -0.15) is 0 Å². The van der Waals surface area contributed by atoms with Gasteiger partial charge in [0.05, 0.1) is 5.25 Å². The molecule has 0 bridgehead atoms. The molecule has 4 rings (SSSR count). The minimum atomic E-state index is -0.329. The lowest BCUT2D eigenvalue weighted by Gasteiger charge is -2.14. The van der Waals surface area contributed by atoms with Gasteiger partial charge in [-0.15, -0.1) is 10.2 Å². The van der Waals surface area contributed by atoms with Gasteiger partial charge in [0.2, 0.25) is 5.91 Å². The highest BCUT2D eigenvalue weighted by Crippen LogP contribution is 2.28. The Morgan fingerprint density at radius 2 is 1.93 bits per heavy atom. The molecular weight excluding hydrogens is 382 g/mol. The highest BCUT2D eigenvalue weighted by atomic mass is 32.2. The van der Waals surface area contributed by atoms with Crippen LogP contribution in [-0.4, -0.2) is 30.9 Å². The number of thioether (sulfide) groups is 1. The van der Waals surface area contributed by atoms with Crippen LogP contribution in [-0.2, 0) is 11.3 Å². The second-order valence-corrected chi connectivity index (χ2v) is 7.88. The van der Waals surface area contributed by atoms with Gasteiger partial charge in [0, 0.05) is 35.6 Å². The number of nitrogens with zero attached hydrogens (tertiary/aromatic N) is 4. The number of anilines is 1. The van der Waals surface area contributed by atoms with Crippen LogP contribution in [0.25, 0.3) is 22.2 Å². The van der Waals surface area contributed by atoms with Crippen LogP contribution in [0.4, 0.5) is 5.69 Å². The number of hydrogen-bond donors (Lipinski definition) is 1. The first-order valence-electron chi connectivity index (χ1n) is 9.46. The Balaban J connectivity index is 1.53. The topological polar surface area (TPSA) is 72.7 Å². The zero-order valence-electron chi connectivity index (χ0n) is 16.2. The van der Waals surface area contributed by atoms with Crippen molar-refractivity contribution in [2.45, 2.75) is 30.8 Å². The normalized spacial score (nSPS) is 12.1. The molecule has 4 aromatic rings. The number of pyridine rings is 1. The molecule has 29 heavy (non-hydrogen) atoms. The van der Waals surface area contributed by atoms with Crippen LogP contribution in [0, 0.1) is 0 Å². The first-order chi connectivity index (χ1) is 14.2. The van der Waals surface area contributed by atoms with E-state index in [2.05, 4.69) is 20.5 Å². The molecule has 2 aromatic heterocycles. The Labute approximate surface area is 173 Å². The number of hydrogen-bond acceptors (Lipinski definition) is 5. The molecule has 0 fully saturated rings. The lowest BCUT2D eigenvalue weighted by Crippen LogP contribution is -2.23. The molecule has 0 unspecified atom stereocenters. The van der Waals surface area contributed by atoms with Crippen LogP contribution in [0.2, 0.25) is 0 Å². The van der Waals surface area contributed by atoms with E-state index in [1.807, 2.05) is 73.0 Å². The van der Waals surface area contributed by atoms with Crippen molar-refractivity contribution in [2.24, 2.45) is 0 Å². The summed E-state index contributed by atoms with van der Waals surface area (Å²) < 4.78 is 2.00. The molecular formula is C22H21N5OS. The fourth-order valence-electron chi connectivity index (χ4n) is 3.15. The fraction of sp³-hybridized carbons (Fsp3) is 0.182. The Hall–Kier alpha value is -3.19. The summed E-state index contributed by atoms with van der Waals surface area (Å²) in [5.41, 5.74) is 1.72. The van der Waals surface area contributed by atoms with Crippen molar-refractivity contribution < 1.29 is 4.79 Å². The summed E-state index contributed by atoms with van der Waals surface area (Å²) in [6.07, 6.45) is 3.49. The fourth-order valence-corrected chi connectivity index (χ4v) is 4.06. The molecule has 0 radical (unpaired) electrons. The molecule has 0 spiro atoms. The van der Waals surface area contributed by atoms with E-state index < -0.39 is 0 Å². The molecule has 2 aromatic carbocycles. The number of aromatic nitrogens is 4. The number of benzene rings is 2. The SMILES string of the molecule is CCn1c(S[C@H](C)C(=O)Nc2cccc3ccccc23)nnc1-c1cccnc1. The average molecular weight is 404 g/mol. The van der Waals surface area contributed by atoms with E-state index >= 15 is 0 Å². The Bertz CT molecular complexity index is 1140. The Kier molecular flexibility index (Phi) is 5.57. The van der Waals surface area contributed by atoms with Gasteiger partial charge in [-0.1, -0.05) is 48.2 Å². The van der Waals surface area contributed by atoms with E-state index in [1.165, 1.54) is 11.8 Å². The van der Waals surface area contributed by atoms with E-state index in [0.717, 1.165) is 27.8 Å². The largest absolute Gasteiger partial charge is 0.325 e. The first kappa shape index (κ1) is 19.1. The van der Waals surface area contributed by atoms with Gasteiger partial charge in [0.25, 0.3) is 0 Å². The number of rotatable bonds is 6. The maximum atomic E-state index is 12.8. The molecule has 6 nitrogen and oxygen atoms in total. The van der Waals surface area contributed by atoms with E-state index in [0.29, 0.717) is 11.7 Å². The van der Waals surface area contributed by atoms with Gasteiger partial charge in [0.15, 0.2) is 11.0 Å². The second kappa shape index (κ2) is 8.45. The summed E-state index contributed by atoms with van der Waals surface area (Å²) in [6, 6.07) is 17.7. The van der Waals surface area contributed by atoms with Crippen molar-refractivity contribution in [1.29, 1.82) is 0 Å². The van der Waals surface area contributed by atoms with Crippen molar-refractivity contribution >= 4 is 34.1 Å². The lowest BCUT2D eigenvalue weighted by molar-refractivity contribution is -0.115. The zero-order valence-corrected chi connectivity index (χ0v) is 17.1. The quantitative estimate of drug-likeness (QED) is 0.475. The number of amides is 1. The Morgan fingerprint density at radius 1 is 1.10 bits per heavy atom. The second-order valence-electron chi connectivity index (χ2n) is 6.57. The van der Waals surface area contributed by atoms with Gasteiger partial charge >= 0.3 is 0 Å². The summed E-state index contributed by atoms with van der Waals surface area (Å²) in [5, 5.41) is 14.2. The summed E-state index contributed by atoms with van der Waals surface area (Å²) in [6.45, 7) is 4.62. The molecule has 1 N–H and O–H groups in total. The summed E-state index contributed by atoms with van der Waals surface area (Å²) in [4.78, 5) is 17.0. The molecule has 1 amide bonds. The average Bonchev–Trinajstić information content (AvgIpc) is 3.17. The number of carbonyl (C=O) groups excluding carboxylic acids is 1. The molecule has 146 valence electrons. The standard InChI is InChI=1S/C22H21N5OS/c1-3-27-20(17-10-7-13-23-14-17)25-26-22(27)29-15(2)21(28)24-19-12-6-9-16-8-4-5-11-18(16)19/h4-15H,3H2,1-2H3,(H,24,28)/t15-/m1/s1. The van der Waals surface area contributed by atoms with Gasteiger partial charge in [-0.25, -0.2) is 0 Å². The minimum absolute atomic E-state index is 0.0695. The van der Waals surface area contributed by atoms with Crippen molar-refractivity contribution in [2.75, 3.05) is 5.32 Å². The van der Waals surface area contributed by atoms with Crippen molar-refractivity contribution in [3.05, 3.63) is 67.0 Å². The summed E-state index contributed by atoms with van der Waals surface area (Å²) in [5.74, 6) is 0.685. The van der Waals surface area contributed by atoms with Gasteiger partial charge < -0.3 is 9.88 Å². The highest BCUT2D eigenvalue weighted by molar-refractivity contribution is 8.00. The molecule has 0 aliphatic carbocycles. The third-order valence-corrected chi connectivity index (χ3v) is 5.73. The number of fused-ring (bicyclic) bond motifs is 1. The van der Waals surface area contributed by atoms with Crippen molar-refractivity contribution in [1.82, 2.24) is 19.7 Å². The van der Waals surface area contributed by atoms with Gasteiger partial charge in [0.1, 0.15) is 0 Å². The maximum Gasteiger partial charge on any atom is 0.237 e. The molecule has 0 aliphatic rings. The Morgan fingerprint density at radius 3 is 2.72 bits per heavy atom. The lowest BCUT2D eigenvalue weighted by atomic mass is 10.1. The number of nitrogens with one attached hydrogen (secondary N) is 1. The zero-order chi connectivity index (χ0) is 20.2. The predicted molar refractivity (Wildman–Crippen MR) is 117 cm³/mol. The molecule has 0 saturated heterocycles. The van der Waals surface area contributed by atoms with Crippen LogP contribution in [0.1, 0.15) is 13.8 Å². The first-order valence-corrected chi connectivity index (χ1v) is 10.3. The molecule has 1 atom stereocenters.